The molecule has 3 rings (SSSR count). The summed E-state index contributed by atoms with van der Waals surface area (Å²) in [6.45, 7) is 2.33. The van der Waals surface area contributed by atoms with Crippen molar-refractivity contribution in [2.24, 2.45) is 0 Å². The summed E-state index contributed by atoms with van der Waals surface area (Å²) in [5.41, 5.74) is 5.77. The van der Waals surface area contributed by atoms with Crippen molar-refractivity contribution in [2.75, 3.05) is 25.6 Å². The molecule has 0 aliphatic carbocycles. The fraction of sp³-hybridized carbons (Fsp3) is 0.667. The van der Waals surface area contributed by atoms with Crippen LogP contribution in [0.5, 0.6) is 0 Å². The van der Waals surface area contributed by atoms with Gasteiger partial charge in [0.1, 0.15) is 5.03 Å². The standard InChI is InChI=1S/C12H17N3O2S/c13-10-11(15-4-3-14-10)18-9-1-5-17-12(7-9)2-6-16-8-12/h3-4,9H,1-2,5-8H2,(H2,13,14). The highest BCUT2D eigenvalue weighted by Crippen LogP contribution is 2.40. The Kier molecular flexibility index (Phi) is 3.41. The number of hydrogen-bond donors (Lipinski definition) is 1. The molecule has 1 aromatic heterocycles. The number of aromatic nitrogens is 2. The van der Waals surface area contributed by atoms with Gasteiger partial charge in [-0.25, -0.2) is 9.97 Å². The average molecular weight is 267 g/mol. The third-order valence-electron chi connectivity index (χ3n) is 3.48. The second kappa shape index (κ2) is 5.03. The zero-order valence-electron chi connectivity index (χ0n) is 10.2. The van der Waals surface area contributed by atoms with Gasteiger partial charge in [0, 0.05) is 37.3 Å². The summed E-state index contributed by atoms with van der Waals surface area (Å²) in [5.74, 6) is 0.519. The molecular formula is C12H17N3O2S. The number of nitrogen functional groups attached to an aromatic ring is 1. The fourth-order valence-electron chi connectivity index (χ4n) is 2.53. The largest absolute Gasteiger partial charge is 0.381 e. The van der Waals surface area contributed by atoms with Crippen LogP contribution in [0.1, 0.15) is 19.3 Å². The van der Waals surface area contributed by atoms with Crippen LogP contribution in [-0.2, 0) is 9.47 Å². The third-order valence-corrected chi connectivity index (χ3v) is 4.76. The number of thioether (sulfide) groups is 1. The zero-order valence-corrected chi connectivity index (χ0v) is 11.0. The number of ether oxygens (including phenoxy) is 2. The van der Waals surface area contributed by atoms with E-state index >= 15 is 0 Å². The topological polar surface area (TPSA) is 70.3 Å². The number of rotatable bonds is 2. The lowest BCUT2D eigenvalue weighted by Crippen LogP contribution is -2.41. The Morgan fingerprint density at radius 1 is 1.33 bits per heavy atom. The van der Waals surface area contributed by atoms with Gasteiger partial charge in [-0.1, -0.05) is 11.8 Å². The van der Waals surface area contributed by atoms with E-state index in [9.17, 15) is 0 Å². The van der Waals surface area contributed by atoms with Crippen LogP contribution in [0.2, 0.25) is 0 Å². The van der Waals surface area contributed by atoms with Gasteiger partial charge in [-0.05, 0) is 12.8 Å². The van der Waals surface area contributed by atoms with Gasteiger partial charge in [0.2, 0.25) is 0 Å². The summed E-state index contributed by atoms with van der Waals surface area (Å²) < 4.78 is 11.4. The molecule has 2 atom stereocenters. The van der Waals surface area contributed by atoms with Crippen LogP contribution in [0.4, 0.5) is 5.82 Å². The number of hydrogen-bond acceptors (Lipinski definition) is 6. The molecule has 6 heteroatoms. The van der Waals surface area contributed by atoms with Gasteiger partial charge in [-0.2, -0.15) is 0 Å². The van der Waals surface area contributed by atoms with Crippen LogP contribution in [-0.4, -0.2) is 40.6 Å². The molecule has 2 fully saturated rings. The van der Waals surface area contributed by atoms with Crippen LogP contribution in [0.25, 0.3) is 0 Å². The van der Waals surface area contributed by atoms with Gasteiger partial charge < -0.3 is 15.2 Å². The van der Waals surface area contributed by atoms with Crippen molar-refractivity contribution in [1.82, 2.24) is 9.97 Å². The quantitative estimate of drug-likeness (QED) is 0.875. The van der Waals surface area contributed by atoms with Crippen LogP contribution in [0.3, 0.4) is 0 Å². The normalized spacial score (nSPS) is 31.9. The zero-order chi connectivity index (χ0) is 12.4. The monoisotopic (exact) mass is 267 g/mol. The maximum Gasteiger partial charge on any atom is 0.156 e. The molecule has 1 spiro atoms. The third kappa shape index (κ3) is 2.46. The lowest BCUT2D eigenvalue weighted by Gasteiger charge is -2.36. The predicted octanol–water partition coefficient (Wildman–Crippen LogP) is 1.49. The Hall–Kier alpha value is -0.850. The average Bonchev–Trinajstić information content (AvgIpc) is 2.80. The predicted molar refractivity (Wildman–Crippen MR) is 69.4 cm³/mol. The molecule has 98 valence electrons. The van der Waals surface area contributed by atoms with E-state index in [-0.39, 0.29) is 5.60 Å². The van der Waals surface area contributed by atoms with Crippen LogP contribution in [0, 0.1) is 0 Å². The fourth-order valence-corrected chi connectivity index (χ4v) is 3.74. The van der Waals surface area contributed by atoms with Crippen molar-refractivity contribution in [2.45, 2.75) is 35.1 Å². The first-order valence-electron chi connectivity index (χ1n) is 6.22. The molecule has 1 aromatic rings. The number of nitrogens with two attached hydrogens (primary N) is 1. The first kappa shape index (κ1) is 12.2. The molecule has 0 amide bonds. The SMILES string of the molecule is Nc1nccnc1SC1CCOC2(CCOC2)C1. The summed E-state index contributed by atoms with van der Waals surface area (Å²) in [6, 6.07) is 0. The van der Waals surface area contributed by atoms with E-state index in [0.29, 0.717) is 11.1 Å². The van der Waals surface area contributed by atoms with Crippen LogP contribution >= 0.6 is 11.8 Å². The molecule has 3 heterocycles. The summed E-state index contributed by atoms with van der Waals surface area (Å²) in [5, 5.41) is 1.32. The van der Waals surface area contributed by atoms with E-state index in [4.69, 9.17) is 15.2 Å². The first-order valence-corrected chi connectivity index (χ1v) is 7.10. The molecule has 0 bridgehead atoms. The van der Waals surface area contributed by atoms with Crippen molar-refractivity contribution >= 4 is 17.6 Å². The Labute approximate surface area is 110 Å². The minimum Gasteiger partial charge on any atom is -0.381 e. The summed E-state index contributed by atoms with van der Waals surface area (Å²) in [7, 11) is 0. The van der Waals surface area contributed by atoms with Crippen LogP contribution < -0.4 is 5.73 Å². The van der Waals surface area contributed by atoms with Gasteiger partial charge in [0.15, 0.2) is 5.82 Å². The van der Waals surface area contributed by atoms with Gasteiger partial charge in [-0.3, -0.25) is 0 Å². The highest BCUT2D eigenvalue weighted by molar-refractivity contribution is 8.00. The highest BCUT2D eigenvalue weighted by Gasteiger charge is 2.41. The van der Waals surface area contributed by atoms with Gasteiger partial charge >= 0.3 is 0 Å². The summed E-state index contributed by atoms with van der Waals surface area (Å²) in [6.07, 6.45) is 6.35. The minimum absolute atomic E-state index is 0.0626. The molecule has 0 aromatic carbocycles. The molecular weight excluding hydrogens is 250 g/mol. The number of anilines is 1. The molecule has 2 aliphatic rings. The van der Waals surface area contributed by atoms with Crippen molar-refractivity contribution < 1.29 is 9.47 Å². The molecule has 2 saturated heterocycles. The molecule has 0 radical (unpaired) electrons. The summed E-state index contributed by atoms with van der Waals surface area (Å²) >= 11 is 1.72. The van der Waals surface area contributed by atoms with Crippen molar-refractivity contribution in [3.63, 3.8) is 0 Å². The Balaban J connectivity index is 1.68. The Morgan fingerprint density at radius 3 is 3.00 bits per heavy atom. The van der Waals surface area contributed by atoms with Crippen molar-refractivity contribution in [1.29, 1.82) is 0 Å². The smallest absolute Gasteiger partial charge is 0.156 e. The van der Waals surface area contributed by atoms with Gasteiger partial charge in [0.25, 0.3) is 0 Å². The van der Waals surface area contributed by atoms with Gasteiger partial charge in [-0.15, -0.1) is 0 Å². The first-order chi connectivity index (χ1) is 8.77. The van der Waals surface area contributed by atoms with E-state index in [1.807, 2.05) is 0 Å². The Bertz CT molecular complexity index is 424. The second-order valence-corrected chi connectivity index (χ2v) is 6.10. The molecule has 2 unspecified atom stereocenters. The van der Waals surface area contributed by atoms with E-state index < -0.39 is 0 Å². The molecule has 5 nitrogen and oxygen atoms in total. The Morgan fingerprint density at radius 2 is 2.22 bits per heavy atom. The molecule has 2 aliphatic heterocycles. The lowest BCUT2D eigenvalue weighted by molar-refractivity contribution is -0.0769. The second-order valence-electron chi connectivity index (χ2n) is 4.81. The lowest BCUT2D eigenvalue weighted by atomic mass is 9.93. The number of nitrogens with zero attached hydrogens (tertiary/aromatic N) is 2. The van der Waals surface area contributed by atoms with E-state index in [1.165, 1.54) is 0 Å². The van der Waals surface area contributed by atoms with E-state index in [2.05, 4.69) is 9.97 Å². The molecule has 18 heavy (non-hydrogen) atoms. The molecule has 2 N–H and O–H groups in total. The van der Waals surface area contributed by atoms with Crippen LogP contribution in [0.15, 0.2) is 17.4 Å². The van der Waals surface area contributed by atoms with E-state index in [1.54, 1.807) is 24.2 Å². The van der Waals surface area contributed by atoms with Crippen molar-refractivity contribution in [3.05, 3.63) is 12.4 Å². The van der Waals surface area contributed by atoms with Gasteiger partial charge in [0.05, 0.1) is 12.2 Å². The highest BCUT2D eigenvalue weighted by atomic mass is 32.2. The minimum atomic E-state index is -0.0626. The maximum atomic E-state index is 5.92. The molecule has 0 saturated carbocycles. The van der Waals surface area contributed by atoms with Crippen molar-refractivity contribution in [3.8, 4) is 0 Å². The van der Waals surface area contributed by atoms with E-state index in [0.717, 1.165) is 44.1 Å². The maximum absolute atomic E-state index is 5.92. The summed E-state index contributed by atoms with van der Waals surface area (Å²) in [4.78, 5) is 8.36.